The summed E-state index contributed by atoms with van der Waals surface area (Å²) >= 11 is 0. The van der Waals surface area contributed by atoms with Crippen LogP contribution >= 0.6 is 0 Å². The van der Waals surface area contributed by atoms with Crippen LogP contribution in [0.5, 0.6) is 0 Å². The van der Waals surface area contributed by atoms with E-state index in [9.17, 15) is 5.11 Å². The molecule has 2 aromatic carbocycles. The molecule has 1 atom stereocenters. The normalized spacial score (nSPS) is 19.7. The first kappa shape index (κ1) is 18.6. The highest BCUT2D eigenvalue weighted by molar-refractivity contribution is 5.41. The van der Waals surface area contributed by atoms with Crippen molar-refractivity contribution in [2.45, 2.75) is 32.1 Å². The van der Waals surface area contributed by atoms with Crippen LogP contribution in [-0.2, 0) is 6.42 Å². The summed E-state index contributed by atoms with van der Waals surface area (Å²) < 4.78 is 1.79. The fraction of sp³-hybridized carbons (Fsp3) is 0.409. The number of piperidine rings is 1. The second kappa shape index (κ2) is 8.52. The average molecular weight is 377 g/mol. The van der Waals surface area contributed by atoms with Crippen LogP contribution in [0.3, 0.4) is 0 Å². The molecule has 6 nitrogen and oxygen atoms in total. The van der Waals surface area contributed by atoms with E-state index in [4.69, 9.17) is 0 Å². The number of nitrogens with zero attached hydrogens (tertiary/aromatic N) is 5. The summed E-state index contributed by atoms with van der Waals surface area (Å²) in [6, 6.07) is 20.5. The summed E-state index contributed by atoms with van der Waals surface area (Å²) in [7, 11) is 0. The molecule has 28 heavy (non-hydrogen) atoms. The van der Waals surface area contributed by atoms with E-state index in [2.05, 4.69) is 50.8 Å². The molecule has 0 saturated carbocycles. The van der Waals surface area contributed by atoms with E-state index in [0.29, 0.717) is 0 Å². The van der Waals surface area contributed by atoms with Gasteiger partial charge in [-0.3, -0.25) is 0 Å². The Kier molecular flexibility index (Phi) is 5.67. The van der Waals surface area contributed by atoms with Gasteiger partial charge < -0.3 is 10.0 Å². The van der Waals surface area contributed by atoms with Crippen molar-refractivity contribution in [2.75, 3.05) is 24.6 Å². The molecule has 0 spiro atoms. The van der Waals surface area contributed by atoms with Gasteiger partial charge in [0.2, 0.25) is 5.95 Å². The first-order valence-corrected chi connectivity index (χ1v) is 10.0. The number of benzene rings is 2. The predicted octanol–water partition coefficient (Wildman–Crippen LogP) is 3.26. The van der Waals surface area contributed by atoms with E-state index >= 15 is 0 Å². The monoisotopic (exact) mass is 377 g/mol. The van der Waals surface area contributed by atoms with Gasteiger partial charge in [0.15, 0.2) is 0 Å². The Labute approximate surface area is 165 Å². The molecule has 0 bridgehead atoms. The van der Waals surface area contributed by atoms with Crippen molar-refractivity contribution >= 4 is 5.95 Å². The third-order valence-corrected chi connectivity index (χ3v) is 5.75. The lowest BCUT2D eigenvalue weighted by Gasteiger charge is -2.42. The van der Waals surface area contributed by atoms with Gasteiger partial charge in [-0.05, 0) is 60.2 Å². The SMILES string of the molecule is OCC1(CCCc2ccccc2)CCCN(c2nnnn2-c2ccccc2)C1. The van der Waals surface area contributed by atoms with Crippen LogP contribution in [0.1, 0.15) is 31.2 Å². The van der Waals surface area contributed by atoms with Gasteiger partial charge in [-0.15, -0.1) is 0 Å². The quantitative estimate of drug-likeness (QED) is 0.684. The molecule has 1 aliphatic rings. The second-order valence-corrected chi connectivity index (χ2v) is 7.75. The minimum Gasteiger partial charge on any atom is -0.396 e. The van der Waals surface area contributed by atoms with Crippen molar-refractivity contribution in [2.24, 2.45) is 5.41 Å². The van der Waals surface area contributed by atoms with Gasteiger partial charge in [-0.25, -0.2) is 0 Å². The number of anilines is 1. The maximum Gasteiger partial charge on any atom is 0.250 e. The molecule has 1 N–H and O–H groups in total. The number of rotatable bonds is 7. The Balaban J connectivity index is 1.46. The topological polar surface area (TPSA) is 67.1 Å². The molecule has 0 aliphatic carbocycles. The molecule has 1 saturated heterocycles. The number of tetrazole rings is 1. The number of para-hydroxylation sites is 1. The maximum absolute atomic E-state index is 10.3. The van der Waals surface area contributed by atoms with Crippen molar-refractivity contribution in [3.8, 4) is 5.69 Å². The number of aliphatic hydroxyl groups excluding tert-OH is 1. The molecular formula is C22H27N5O. The number of hydrogen-bond acceptors (Lipinski definition) is 5. The van der Waals surface area contributed by atoms with Crippen molar-refractivity contribution in [1.82, 2.24) is 20.2 Å². The summed E-state index contributed by atoms with van der Waals surface area (Å²) in [5.74, 6) is 0.756. The lowest BCUT2D eigenvalue weighted by atomic mass is 9.76. The second-order valence-electron chi connectivity index (χ2n) is 7.75. The van der Waals surface area contributed by atoms with Gasteiger partial charge >= 0.3 is 0 Å². The van der Waals surface area contributed by atoms with Crippen molar-refractivity contribution in [3.05, 3.63) is 66.2 Å². The van der Waals surface area contributed by atoms with Crippen LogP contribution in [0.2, 0.25) is 0 Å². The molecule has 1 fully saturated rings. The van der Waals surface area contributed by atoms with Crippen LogP contribution in [0.15, 0.2) is 60.7 Å². The molecule has 1 aromatic heterocycles. The zero-order valence-corrected chi connectivity index (χ0v) is 16.1. The van der Waals surface area contributed by atoms with Crippen LogP contribution < -0.4 is 4.90 Å². The highest BCUT2D eigenvalue weighted by atomic mass is 16.3. The Morgan fingerprint density at radius 1 is 1.00 bits per heavy atom. The first-order chi connectivity index (χ1) is 13.8. The van der Waals surface area contributed by atoms with Crippen molar-refractivity contribution in [3.63, 3.8) is 0 Å². The third-order valence-electron chi connectivity index (χ3n) is 5.75. The zero-order valence-electron chi connectivity index (χ0n) is 16.1. The number of aryl methyl sites for hydroxylation is 1. The molecule has 0 radical (unpaired) electrons. The van der Waals surface area contributed by atoms with Crippen molar-refractivity contribution < 1.29 is 5.11 Å². The van der Waals surface area contributed by atoms with Gasteiger partial charge in [-0.2, -0.15) is 4.68 Å². The van der Waals surface area contributed by atoms with Gasteiger partial charge in [-0.1, -0.05) is 53.6 Å². The summed E-state index contributed by atoms with van der Waals surface area (Å²) in [4.78, 5) is 2.23. The predicted molar refractivity (Wildman–Crippen MR) is 109 cm³/mol. The average Bonchev–Trinajstić information content (AvgIpc) is 3.25. The minimum atomic E-state index is -0.0967. The highest BCUT2D eigenvalue weighted by Gasteiger charge is 2.36. The number of hydrogen-bond donors (Lipinski definition) is 1. The molecule has 3 aromatic rings. The summed E-state index contributed by atoms with van der Waals surface area (Å²) in [6.45, 7) is 1.89. The Hall–Kier alpha value is -2.73. The molecule has 1 unspecified atom stereocenters. The zero-order chi connectivity index (χ0) is 19.2. The van der Waals surface area contributed by atoms with E-state index < -0.39 is 0 Å². The van der Waals surface area contributed by atoms with Crippen LogP contribution in [-0.4, -0.2) is 45.0 Å². The molecule has 146 valence electrons. The highest BCUT2D eigenvalue weighted by Crippen LogP contribution is 2.36. The van der Waals surface area contributed by atoms with Crippen LogP contribution in [0.25, 0.3) is 5.69 Å². The molecule has 0 amide bonds. The molecule has 1 aliphatic heterocycles. The van der Waals surface area contributed by atoms with E-state index in [1.54, 1.807) is 4.68 Å². The van der Waals surface area contributed by atoms with Gasteiger partial charge in [0.05, 0.1) is 12.3 Å². The smallest absolute Gasteiger partial charge is 0.250 e. The fourth-order valence-corrected chi connectivity index (χ4v) is 4.22. The third kappa shape index (κ3) is 4.07. The maximum atomic E-state index is 10.3. The van der Waals surface area contributed by atoms with Crippen LogP contribution in [0.4, 0.5) is 5.95 Å². The largest absolute Gasteiger partial charge is 0.396 e. The minimum absolute atomic E-state index is 0.0967. The number of aliphatic hydroxyl groups is 1. The Morgan fingerprint density at radius 3 is 2.50 bits per heavy atom. The Bertz CT molecular complexity index is 867. The van der Waals surface area contributed by atoms with Gasteiger partial charge in [0.1, 0.15) is 0 Å². The van der Waals surface area contributed by atoms with E-state index in [1.807, 2.05) is 30.3 Å². The van der Waals surface area contributed by atoms with E-state index in [1.165, 1.54) is 5.56 Å². The molecule has 6 heteroatoms. The summed E-state index contributed by atoms with van der Waals surface area (Å²) in [5, 5.41) is 22.6. The first-order valence-electron chi connectivity index (χ1n) is 10.0. The molecule has 2 heterocycles. The number of aromatic nitrogens is 4. The molecular weight excluding hydrogens is 350 g/mol. The van der Waals surface area contributed by atoms with E-state index in [0.717, 1.165) is 56.8 Å². The molecule has 4 rings (SSSR count). The lowest BCUT2D eigenvalue weighted by Crippen LogP contribution is -2.46. The lowest BCUT2D eigenvalue weighted by molar-refractivity contribution is 0.0934. The fourth-order valence-electron chi connectivity index (χ4n) is 4.22. The summed E-state index contributed by atoms with van der Waals surface area (Å²) in [6.07, 6.45) is 5.20. The van der Waals surface area contributed by atoms with Crippen molar-refractivity contribution in [1.29, 1.82) is 0 Å². The van der Waals surface area contributed by atoms with Crippen LogP contribution in [0, 0.1) is 5.41 Å². The standard InChI is InChI=1S/C22H27N5O/c28-18-22(14-7-11-19-9-3-1-4-10-19)15-8-16-26(17-22)21-23-24-25-27(21)20-12-5-2-6-13-20/h1-6,9-10,12-13,28H,7-8,11,14-18H2. The van der Waals surface area contributed by atoms with E-state index in [-0.39, 0.29) is 12.0 Å². The summed E-state index contributed by atoms with van der Waals surface area (Å²) in [5.41, 5.74) is 2.21. The Morgan fingerprint density at radius 2 is 1.75 bits per heavy atom. The van der Waals surface area contributed by atoms with Gasteiger partial charge in [0, 0.05) is 18.5 Å². The van der Waals surface area contributed by atoms with Gasteiger partial charge in [0.25, 0.3) is 0 Å².